The third-order valence-corrected chi connectivity index (χ3v) is 3.77. The largest absolute Gasteiger partial charge is 0.462 e. The molecule has 0 unspecified atom stereocenters. The second kappa shape index (κ2) is 6.02. The molecule has 0 aliphatic rings. The van der Waals surface area contributed by atoms with Crippen molar-refractivity contribution in [3.8, 4) is 0 Å². The molecule has 2 aromatic heterocycles. The van der Waals surface area contributed by atoms with Crippen LogP contribution in [0.4, 0.5) is 5.13 Å². The molecule has 2 rings (SSSR count). The molecule has 0 atom stereocenters. The van der Waals surface area contributed by atoms with Crippen molar-refractivity contribution in [3.05, 3.63) is 34.7 Å². The van der Waals surface area contributed by atoms with Crippen LogP contribution in [-0.2, 0) is 17.9 Å². The molecule has 1 N–H and O–H groups in total. The fourth-order valence-corrected chi connectivity index (χ4v) is 2.35. The first-order valence-corrected chi connectivity index (χ1v) is 6.77. The first-order chi connectivity index (χ1) is 8.69. The van der Waals surface area contributed by atoms with Crippen LogP contribution in [0, 0.1) is 0 Å². The summed E-state index contributed by atoms with van der Waals surface area (Å²) in [6, 6.07) is 3.89. The van der Waals surface area contributed by atoms with Crippen molar-refractivity contribution in [2.45, 2.75) is 32.9 Å². The molecule has 0 fully saturated rings. The Labute approximate surface area is 111 Å². The Morgan fingerprint density at radius 3 is 2.83 bits per heavy atom. The van der Waals surface area contributed by atoms with Crippen molar-refractivity contribution in [1.82, 2.24) is 4.98 Å². The summed E-state index contributed by atoms with van der Waals surface area (Å²) in [5.41, 5.74) is 0. The molecule has 2 heterocycles. The minimum Gasteiger partial charge on any atom is -0.462 e. The van der Waals surface area contributed by atoms with Gasteiger partial charge in [-0.05, 0) is 18.1 Å². The van der Waals surface area contributed by atoms with E-state index >= 15 is 0 Å². The molecule has 98 valence electrons. The van der Waals surface area contributed by atoms with Crippen LogP contribution in [-0.4, -0.2) is 12.1 Å². The summed E-state index contributed by atoms with van der Waals surface area (Å²) in [5.74, 6) is 2.26. The Bertz CT molecular complexity index is 491. The Hall–Kier alpha value is -1.33. The lowest BCUT2D eigenvalue weighted by Crippen LogP contribution is -1.97. The number of ether oxygens (including phenoxy) is 1. The molecule has 0 amide bonds. The summed E-state index contributed by atoms with van der Waals surface area (Å²) in [6.45, 7) is 5.49. The maximum absolute atomic E-state index is 5.59. The Kier molecular flexibility index (Phi) is 4.38. The van der Waals surface area contributed by atoms with Crippen molar-refractivity contribution in [2.75, 3.05) is 12.4 Å². The Morgan fingerprint density at radius 1 is 1.39 bits per heavy atom. The molecular formula is C13H18N2O2S. The lowest BCUT2D eigenvalue weighted by molar-refractivity contribution is 0.163. The van der Waals surface area contributed by atoms with Gasteiger partial charge >= 0.3 is 0 Å². The van der Waals surface area contributed by atoms with E-state index in [4.69, 9.17) is 9.15 Å². The van der Waals surface area contributed by atoms with Crippen molar-refractivity contribution >= 4 is 16.5 Å². The summed E-state index contributed by atoms with van der Waals surface area (Å²) in [6.07, 6.45) is 1.93. The Morgan fingerprint density at radius 2 is 2.17 bits per heavy atom. The molecular weight excluding hydrogens is 248 g/mol. The van der Waals surface area contributed by atoms with Crippen LogP contribution < -0.4 is 5.32 Å². The fourth-order valence-electron chi connectivity index (χ4n) is 1.54. The number of aromatic nitrogens is 1. The van der Waals surface area contributed by atoms with E-state index in [1.54, 1.807) is 18.4 Å². The fraction of sp³-hybridized carbons (Fsp3) is 0.462. The van der Waals surface area contributed by atoms with E-state index in [-0.39, 0.29) is 0 Å². The van der Waals surface area contributed by atoms with E-state index in [0.717, 1.165) is 16.7 Å². The van der Waals surface area contributed by atoms with Crippen LogP contribution in [0.2, 0.25) is 0 Å². The smallest absolute Gasteiger partial charge is 0.183 e. The number of nitrogens with zero attached hydrogens (tertiary/aromatic N) is 1. The van der Waals surface area contributed by atoms with Crippen LogP contribution in [0.3, 0.4) is 0 Å². The van der Waals surface area contributed by atoms with Crippen LogP contribution in [0.5, 0.6) is 0 Å². The zero-order valence-electron chi connectivity index (χ0n) is 10.9. The molecule has 0 aliphatic carbocycles. The van der Waals surface area contributed by atoms with Gasteiger partial charge in [-0.1, -0.05) is 13.8 Å². The number of hydrogen-bond acceptors (Lipinski definition) is 5. The van der Waals surface area contributed by atoms with Gasteiger partial charge in [0, 0.05) is 18.2 Å². The van der Waals surface area contributed by atoms with Crippen molar-refractivity contribution in [3.63, 3.8) is 0 Å². The van der Waals surface area contributed by atoms with Crippen LogP contribution in [0.15, 0.2) is 22.7 Å². The maximum Gasteiger partial charge on any atom is 0.183 e. The van der Waals surface area contributed by atoms with Gasteiger partial charge in [-0.25, -0.2) is 4.98 Å². The van der Waals surface area contributed by atoms with E-state index < -0.39 is 0 Å². The summed E-state index contributed by atoms with van der Waals surface area (Å²) >= 11 is 1.69. The van der Waals surface area contributed by atoms with Crippen LogP contribution >= 0.6 is 11.3 Å². The number of hydrogen-bond donors (Lipinski definition) is 1. The number of methoxy groups -OCH3 is 1. The van der Waals surface area contributed by atoms with Crippen LogP contribution in [0.1, 0.15) is 36.2 Å². The van der Waals surface area contributed by atoms with E-state index in [0.29, 0.717) is 19.1 Å². The highest BCUT2D eigenvalue weighted by atomic mass is 32.1. The van der Waals surface area contributed by atoms with Crippen molar-refractivity contribution < 1.29 is 9.15 Å². The molecule has 4 nitrogen and oxygen atoms in total. The van der Waals surface area contributed by atoms with E-state index in [1.807, 2.05) is 18.3 Å². The summed E-state index contributed by atoms with van der Waals surface area (Å²) in [4.78, 5) is 5.63. The second-order valence-electron chi connectivity index (χ2n) is 4.38. The zero-order valence-corrected chi connectivity index (χ0v) is 11.7. The van der Waals surface area contributed by atoms with E-state index in [9.17, 15) is 0 Å². The van der Waals surface area contributed by atoms with Gasteiger partial charge in [0.15, 0.2) is 5.13 Å². The lowest BCUT2D eigenvalue weighted by Gasteiger charge is -2.00. The topological polar surface area (TPSA) is 47.3 Å². The molecule has 0 bridgehead atoms. The second-order valence-corrected chi connectivity index (χ2v) is 5.44. The van der Waals surface area contributed by atoms with Gasteiger partial charge in [0.2, 0.25) is 0 Å². The first kappa shape index (κ1) is 13.1. The van der Waals surface area contributed by atoms with E-state index in [2.05, 4.69) is 24.1 Å². The molecule has 5 heteroatoms. The van der Waals surface area contributed by atoms with Crippen molar-refractivity contribution in [2.24, 2.45) is 0 Å². The maximum atomic E-state index is 5.59. The average Bonchev–Trinajstić information content (AvgIpc) is 2.95. The van der Waals surface area contributed by atoms with Gasteiger partial charge in [0.05, 0.1) is 6.54 Å². The number of furan rings is 1. The number of nitrogens with one attached hydrogen (secondary N) is 1. The van der Waals surface area contributed by atoms with Crippen molar-refractivity contribution in [1.29, 1.82) is 0 Å². The number of rotatable bonds is 6. The minimum absolute atomic E-state index is 0.509. The molecule has 2 aromatic rings. The van der Waals surface area contributed by atoms with Gasteiger partial charge in [-0.3, -0.25) is 0 Å². The first-order valence-electron chi connectivity index (χ1n) is 5.95. The van der Waals surface area contributed by atoms with Gasteiger partial charge in [-0.2, -0.15) is 0 Å². The molecule has 0 spiro atoms. The molecule has 0 radical (unpaired) electrons. The normalized spacial score (nSPS) is 11.1. The highest BCUT2D eigenvalue weighted by Crippen LogP contribution is 2.25. The zero-order chi connectivity index (χ0) is 13.0. The van der Waals surface area contributed by atoms with Gasteiger partial charge in [-0.15, -0.1) is 11.3 Å². The van der Waals surface area contributed by atoms with E-state index in [1.165, 1.54) is 4.88 Å². The summed E-state index contributed by atoms with van der Waals surface area (Å²) in [5, 5.41) is 4.20. The van der Waals surface area contributed by atoms with Gasteiger partial charge in [0.1, 0.15) is 18.1 Å². The highest BCUT2D eigenvalue weighted by molar-refractivity contribution is 7.15. The highest BCUT2D eigenvalue weighted by Gasteiger charge is 2.06. The number of anilines is 1. The molecule has 0 saturated heterocycles. The lowest BCUT2D eigenvalue weighted by atomic mass is 10.2. The quantitative estimate of drug-likeness (QED) is 0.867. The standard InChI is InChI=1S/C13H18N2O2S/c1-9(2)12-7-15-13(18-12)14-6-10-4-5-11(17-10)8-16-3/h4-5,7,9H,6,8H2,1-3H3,(H,14,15). The Balaban J connectivity index is 1.89. The molecule has 0 saturated carbocycles. The summed E-state index contributed by atoms with van der Waals surface area (Å²) < 4.78 is 10.6. The van der Waals surface area contributed by atoms with Crippen LogP contribution in [0.25, 0.3) is 0 Å². The molecule has 0 aromatic carbocycles. The monoisotopic (exact) mass is 266 g/mol. The predicted molar refractivity (Wildman–Crippen MR) is 73.0 cm³/mol. The minimum atomic E-state index is 0.509. The predicted octanol–water partition coefficient (Wildman–Crippen LogP) is 3.62. The summed E-state index contributed by atoms with van der Waals surface area (Å²) in [7, 11) is 1.66. The third kappa shape index (κ3) is 3.34. The third-order valence-electron chi connectivity index (χ3n) is 2.51. The van der Waals surface area contributed by atoms with Gasteiger partial charge in [0.25, 0.3) is 0 Å². The average molecular weight is 266 g/mol. The van der Waals surface area contributed by atoms with Gasteiger partial charge < -0.3 is 14.5 Å². The molecule has 18 heavy (non-hydrogen) atoms. The molecule has 0 aliphatic heterocycles. The SMILES string of the molecule is COCc1ccc(CNc2ncc(C(C)C)s2)o1. The number of thiazole rings is 1.